The quantitative estimate of drug-likeness (QED) is 0.200. The van der Waals surface area contributed by atoms with Gasteiger partial charge in [-0.05, 0) is 78.2 Å². The molecule has 1 saturated carbocycles. The lowest BCUT2D eigenvalue weighted by Gasteiger charge is -2.32. The summed E-state index contributed by atoms with van der Waals surface area (Å²) in [6, 6.07) is 3.86. The predicted octanol–water partition coefficient (Wildman–Crippen LogP) is 5.83. The van der Waals surface area contributed by atoms with Gasteiger partial charge in [-0.25, -0.2) is 4.79 Å². The molecule has 1 unspecified atom stereocenters. The van der Waals surface area contributed by atoms with E-state index in [4.69, 9.17) is 22.1 Å². The summed E-state index contributed by atoms with van der Waals surface area (Å²) in [5, 5.41) is 3.60. The van der Waals surface area contributed by atoms with Crippen molar-refractivity contribution in [3.63, 3.8) is 0 Å². The standard InChI is InChI=1S/C21H32BrClN2O2/c1-2-25-20(15-9-5-3-6-10-15)17-13-16(14-18(22)19(17)24)21(26)27-12-8-4-7-11-23/h13-15,20,25H,2-12,24H2,1H3. The third-order valence-corrected chi connectivity index (χ3v) is 6.21. The molecule has 1 aromatic carbocycles. The molecule has 1 aliphatic rings. The first-order valence-corrected chi connectivity index (χ1v) is 11.5. The van der Waals surface area contributed by atoms with Gasteiger partial charge in [0.25, 0.3) is 0 Å². The number of rotatable bonds is 10. The zero-order valence-electron chi connectivity index (χ0n) is 16.2. The number of benzene rings is 1. The molecular formula is C21H32BrClN2O2. The molecule has 1 aromatic rings. The van der Waals surface area contributed by atoms with Gasteiger partial charge in [0.1, 0.15) is 0 Å². The molecule has 0 aromatic heterocycles. The molecule has 6 heteroatoms. The maximum atomic E-state index is 12.5. The summed E-state index contributed by atoms with van der Waals surface area (Å²) in [5.41, 5.74) is 8.67. The fraction of sp³-hybridized carbons (Fsp3) is 0.667. The Kier molecular flexibility index (Phi) is 9.94. The largest absolute Gasteiger partial charge is 0.462 e. The highest BCUT2D eigenvalue weighted by molar-refractivity contribution is 9.10. The summed E-state index contributed by atoms with van der Waals surface area (Å²) >= 11 is 9.21. The third kappa shape index (κ3) is 6.65. The van der Waals surface area contributed by atoms with Gasteiger partial charge < -0.3 is 15.8 Å². The second kappa shape index (κ2) is 11.9. The van der Waals surface area contributed by atoms with Crippen LogP contribution in [0.3, 0.4) is 0 Å². The van der Waals surface area contributed by atoms with E-state index in [1.54, 1.807) is 6.07 Å². The highest BCUT2D eigenvalue weighted by Gasteiger charge is 2.27. The van der Waals surface area contributed by atoms with E-state index >= 15 is 0 Å². The Hall–Kier alpha value is -0.780. The molecule has 1 aliphatic carbocycles. The number of hydrogen-bond acceptors (Lipinski definition) is 4. The Balaban J connectivity index is 2.16. The Morgan fingerprint density at radius 1 is 1.30 bits per heavy atom. The lowest BCUT2D eigenvalue weighted by molar-refractivity contribution is 0.0498. The van der Waals surface area contributed by atoms with Crippen molar-refractivity contribution in [2.24, 2.45) is 5.92 Å². The van der Waals surface area contributed by atoms with Gasteiger partial charge in [-0.1, -0.05) is 26.2 Å². The number of hydrogen-bond donors (Lipinski definition) is 2. The lowest BCUT2D eigenvalue weighted by atomic mass is 9.80. The monoisotopic (exact) mass is 458 g/mol. The second-order valence-corrected chi connectivity index (χ2v) is 8.51. The number of alkyl halides is 1. The number of unbranched alkanes of at least 4 members (excludes halogenated alkanes) is 2. The van der Waals surface area contributed by atoms with Crippen LogP contribution in [0.4, 0.5) is 5.69 Å². The van der Waals surface area contributed by atoms with Crippen LogP contribution in [0, 0.1) is 5.92 Å². The maximum Gasteiger partial charge on any atom is 0.338 e. The fourth-order valence-electron chi connectivity index (χ4n) is 3.85. The summed E-state index contributed by atoms with van der Waals surface area (Å²) in [6.45, 7) is 3.40. The summed E-state index contributed by atoms with van der Waals surface area (Å²) in [4.78, 5) is 12.5. The van der Waals surface area contributed by atoms with Gasteiger partial charge in [0.05, 0.1) is 17.9 Å². The van der Waals surface area contributed by atoms with E-state index in [1.807, 2.05) is 6.07 Å². The van der Waals surface area contributed by atoms with E-state index < -0.39 is 0 Å². The Labute approximate surface area is 176 Å². The minimum atomic E-state index is -0.290. The maximum absolute atomic E-state index is 12.5. The highest BCUT2D eigenvalue weighted by atomic mass is 79.9. The molecule has 1 fully saturated rings. The normalized spacial score (nSPS) is 16.3. The number of carbonyl (C=O) groups excluding carboxylic acids is 1. The number of anilines is 1. The van der Waals surface area contributed by atoms with Crippen molar-refractivity contribution >= 4 is 39.2 Å². The van der Waals surface area contributed by atoms with Crippen LogP contribution in [0.25, 0.3) is 0 Å². The van der Waals surface area contributed by atoms with Crippen LogP contribution in [-0.2, 0) is 4.74 Å². The molecular weight excluding hydrogens is 428 g/mol. The smallest absolute Gasteiger partial charge is 0.338 e. The van der Waals surface area contributed by atoms with E-state index in [-0.39, 0.29) is 12.0 Å². The van der Waals surface area contributed by atoms with Crippen molar-refractivity contribution in [2.45, 2.75) is 64.3 Å². The third-order valence-electron chi connectivity index (χ3n) is 5.29. The van der Waals surface area contributed by atoms with Crippen molar-refractivity contribution in [1.29, 1.82) is 0 Å². The van der Waals surface area contributed by atoms with E-state index in [0.717, 1.165) is 35.8 Å². The van der Waals surface area contributed by atoms with Crippen molar-refractivity contribution in [3.05, 3.63) is 27.7 Å². The average Bonchev–Trinajstić information content (AvgIpc) is 2.68. The van der Waals surface area contributed by atoms with Crippen LogP contribution in [0.5, 0.6) is 0 Å². The van der Waals surface area contributed by atoms with Crippen LogP contribution >= 0.6 is 27.5 Å². The second-order valence-electron chi connectivity index (χ2n) is 7.28. The molecule has 27 heavy (non-hydrogen) atoms. The molecule has 4 nitrogen and oxygen atoms in total. The molecule has 0 spiro atoms. The fourth-order valence-corrected chi connectivity index (χ4v) is 4.52. The van der Waals surface area contributed by atoms with Gasteiger partial charge in [-0.15, -0.1) is 11.6 Å². The van der Waals surface area contributed by atoms with E-state index in [2.05, 4.69) is 28.2 Å². The predicted molar refractivity (Wildman–Crippen MR) is 116 cm³/mol. The molecule has 0 saturated heterocycles. The van der Waals surface area contributed by atoms with Crippen LogP contribution in [0.15, 0.2) is 16.6 Å². The van der Waals surface area contributed by atoms with Crippen molar-refractivity contribution < 1.29 is 9.53 Å². The Morgan fingerprint density at radius 2 is 2.04 bits per heavy atom. The average molecular weight is 460 g/mol. The summed E-state index contributed by atoms with van der Waals surface area (Å²) in [6.07, 6.45) is 8.98. The molecule has 0 bridgehead atoms. The van der Waals surface area contributed by atoms with Crippen molar-refractivity contribution in [1.82, 2.24) is 5.32 Å². The lowest BCUT2D eigenvalue weighted by Crippen LogP contribution is -2.30. The van der Waals surface area contributed by atoms with Crippen molar-refractivity contribution in [3.8, 4) is 0 Å². The van der Waals surface area contributed by atoms with Gasteiger partial charge in [0.2, 0.25) is 0 Å². The van der Waals surface area contributed by atoms with Crippen LogP contribution < -0.4 is 11.1 Å². The van der Waals surface area contributed by atoms with Gasteiger partial charge in [-0.2, -0.15) is 0 Å². The van der Waals surface area contributed by atoms with Gasteiger partial charge in [0, 0.05) is 16.4 Å². The zero-order valence-corrected chi connectivity index (χ0v) is 18.6. The molecule has 0 amide bonds. The number of nitrogens with one attached hydrogen (secondary N) is 1. The molecule has 0 heterocycles. The van der Waals surface area contributed by atoms with Crippen LogP contribution in [0.2, 0.25) is 0 Å². The first kappa shape index (κ1) is 22.5. The number of nitrogens with two attached hydrogens (primary N) is 1. The Bertz CT molecular complexity index is 606. The SMILES string of the molecule is CCNC(c1cc(C(=O)OCCCCCCl)cc(Br)c1N)C1CCCCC1. The number of esters is 1. The van der Waals surface area contributed by atoms with E-state index in [9.17, 15) is 4.79 Å². The van der Waals surface area contributed by atoms with Gasteiger partial charge in [0.15, 0.2) is 0 Å². The minimum absolute atomic E-state index is 0.170. The van der Waals surface area contributed by atoms with Gasteiger partial charge >= 0.3 is 5.97 Å². The number of ether oxygens (including phenoxy) is 1. The number of nitrogen functional groups attached to an aromatic ring is 1. The zero-order chi connectivity index (χ0) is 19.6. The molecule has 0 radical (unpaired) electrons. The molecule has 2 rings (SSSR count). The first-order valence-electron chi connectivity index (χ1n) is 10.1. The molecule has 0 aliphatic heterocycles. The molecule has 1 atom stereocenters. The van der Waals surface area contributed by atoms with Crippen LogP contribution in [0.1, 0.15) is 80.3 Å². The number of halogens is 2. The van der Waals surface area contributed by atoms with E-state index in [0.29, 0.717) is 29.7 Å². The minimum Gasteiger partial charge on any atom is -0.462 e. The Morgan fingerprint density at radius 3 is 2.70 bits per heavy atom. The van der Waals surface area contributed by atoms with Crippen molar-refractivity contribution in [2.75, 3.05) is 24.8 Å². The number of carbonyl (C=O) groups is 1. The molecule has 152 valence electrons. The topological polar surface area (TPSA) is 64.3 Å². The molecule has 3 N–H and O–H groups in total. The first-order chi connectivity index (χ1) is 13.1. The highest BCUT2D eigenvalue weighted by Crippen LogP contribution is 2.39. The van der Waals surface area contributed by atoms with Crippen LogP contribution in [-0.4, -0.2) is 25.0 Å². The van der Waals surface area contributed by atoms with E-state index in [1.165, 1.54) is 32.1 Å². The summed E-state index contributed by atoms with van der Waals surface area (Å²) < 4.78 is 6.20. The van der Waals surface area contributed by atoms with Gasteiger partial charge in [-0.3, -0.25) is 0 Å². The summed E-state index contributed by atoms with van der Waals surface area (Å²) in [7, 11) is 0. The summed E-state index contributed by atoms with van der Waals surface area (Å²) in [5.74, 6) is 0.909.